The summed E-state index contributed by atoms with van der Waals surface area (Å²) in [5.41, 5.74) is 1.26. The first-order valence-electron chi connectivity index (χ1n) is 8.64. The molecule has 138 valence electrons. The molecule has 0 spiro atoms. The highest BCUT2D eigenvalue weighted by Crippen LogP contribution is 2.20. The van der Waals surface area contributed by atoms with E-state index in [4.69, 9.17) is 5.26 Å². The van der Waals surface area contributed by atoms with Gasteiger partial charge in [-0.2, -0.15) is 5.26 Å². The van der Waals surface area contributed by atoms with Gasteiger partial charge in [0.15, 0.2) is 0 Å². The SMILES string of the molecule is N#Cc1ccccc1NC(=O)CC(=O)N1CCN(c2ccccc2F)CC1. The highest BCUT2D eigenvalue weighted by atomic mass is 19.1. The summed E-state index contributed by atoms with van der Waals surface area (Å²) in [4.78, 5) is 28.0. The third kappa shape index (κ3) is 4.42. The molecular weight excluding hydrogens is 347 g/mol. The fraction of sp³-hybridized carbons (Fsp3) is 0.250. The summed E-state index contributed by atoms with van der Waals surface area (Å²) in [6.45, 7) is 1.86. The van der Waals surface area contributed by atoms with E-state index in [-0.39, 0.29) is 18.1 Å². The third-order valence-electron chi connectivity index (χ3n) is 4.46. The average molecular weight is 366 g/mol. The zero-order chi connectivity index (χ0) is 19.2. The van der Waals surface area contributed by atoms with Crippen molar-refractivity contribution in [3.05, 3.63) is 59.9 Å². The summed E-state index contributed by atoms with van der Waals surface area (Å²) in [6.07, 6.45) is -0.292. The Hall–Kier alpha value is -3.40. The Morgan fingerprint density at radius 2 is 1.70 bits per heavy atom. The first-order valence-corrected chi connectivity index (χ1v) is 8.64. The predicted molar refractivity (Wildman–Crippen MR) is 99.6 cm³/mol. The van der Waals surface area contributed by atoms with Crippen LogP contribution >= 0.6 is 0 Å². The Morgan fingerprint density at radius 1 is 1.04 bits per heavy atom. The lowest BCUT2D eigenvalue weighted by atomic mass is 10.2. The van der Waals surface area contributed by atoms with E-state index in [0.717, 1.165) is 0 Å². The number of nitrogens with zero attached hydrogens (tertiary/aromatic N) is 3. The number of nitrogens with one attached hydrogen (secondary N) is 1. The second-order valence-corrected chi connectivity index (χ2v) is 6.20. The quantitative estimate of drug-likeness (QED) is 0.843. The summed E-state index contributed by atoms with van der Waals surface area (Å²) in [5, 5.41) is 11.7. The molecule has 0 unspecified atom stereocenters. The predicted octanol–water partition coefficient (Wildman–Crippen LogP) is 2.37. The van der Waals surface area contributed by atoms with Crippen molar-refractivity contribution < 1.29 is 14.0 Å². The minimum absolute atomic E-state index is 0.282. The van der Waals surface area contributed by atoms with Gasteiger partial charge in [0.1, 0.15) is 18.3 Å². The van der Waals surface area contributed by atoms with Crippen LogP contribution in [0.3, 0.4) is 0 Å². The number of hydrogen-bond donors (Lipinski definition) is 1. The molecule has 0 radical (unpaired) electrons. The highest BCUT2D eigenvalue weighted by molar-refractivity contribution is 6.04. The van der Waals surface area contributed by atoms with Crippen LogP contribution in [0.5, 0.6) is 0 Å². The fourth-order valence-corrected chi connectivity index (χ4v) is 3.04. The number of anilines is 2. The van der Waals surface area contributed by atoms with Gasteiger partial charge in [-0.3, -0.25) is 9.59 Å². The molecule has 2 amide bonds. The van der Waals surface area contributed by atoms with E-state index in [9.17, 15) is 14.0 Å². The summed E-state index contributed by atoms with van der Waals surface area (Å²) < 4.78 is 13.9. The van der Waals surface area contributed by atoms with Gasteiger partial charge < -0.3 is 15.1 Å². The van der Waals surface area contributed by atoms with E-state index in [1.165, 1.54) is 6.07 Å². The molecule has 0 aromatic heterocycles. The van der Waals surface area contributed by atoms with Crippen molar-refractivity contribution in [2.45, 2.75) is 6.42 Å². The third-order valence-corrected chi connectivity index (χ3v) is 4.46. The van der Waals surface area contributed by atoms with Gasteiger partial charge in [0.25, 0.3) is 0 Å². The van der Waals surface area contributed by atoms with Crippen LogP contribution in [0, 0.1) is 17.1 Å². The van der Waals surface area contributed by atoms with Crippen molar-refractivity contribution in [2.75, 3.05) is 36.4 Å². The van der Waals surface area contributed by atoms with Crippen LogP contribution in [0.1, 0.15) is 12.0 Å². The molecule has 0 atom stereocenters. The number of carbonyl (C=O) groups is 2. The number of nitriles is 1. The van der Waals surface area contributed by atoms with E-state index in [0.29, 0.717) is 43.1 Å². The molecule has 3 rings (SSSR count). The van der Waals surface area contributed by atoms with Crippen LogP contribution in [-0.2, 0) is 9.59 Å². The van der Waals surface area contributed by atoms with Crippen LogP contribution in [0.25, 0.3) is 0 Å². The lowest BCUT2D eigenvalue weighted by molar-refractivity contribution is -0.134. The van der Waals surface area contributed by atoms with Gasteiger partial charge in [0, 0.05) is 26.2 Å². The van der Waals surface area contributed by atoms with E-state index in [1.54, 1.807) is 47.4 Å². The van der Waals surface area contributed by atoms with Crippen molar-refractivity contribution in [2.24, 2.45) is 0 Å². The number of benzene rings is 2. The van der Waals surface area contributed by atoms with Crippen molar-refractivity contribution in [1.82, 2.24) is 4.90 Å². The molecule has 2 aromatic rings. The molecule has 1 N–H and O–H groups in total. The standard InChI is InChI=1S/C20H19FN4O2/c21-16-6-2-4-8-18(16)24-9-11-25(12-10-24)20(27)13-19(26)23-17-7-3-1-5-15(17)14-22/h1-8H,9-13H2,(H,23,26). The maximum Gasteiger partial charge on any atom is 0.233 e. The summed E-state index contributed by atoms with van der Waals surface area (Å²) in [6, 6.07) is 15.2. The second kappa shape index (κ2) is 8.32. The Labute approximate surface area is 156 Å². The Morgan fingerprint density at radius 3 is 2.41 bits per heavy atom. The van der Waals surface area contributed by atoms with Crippen molar-refractivity contribution in [1.29, 1.82) is 5.26 Å². The van der Waals surface area contributed by atoms with Gasteiger partial charge in [0.05, 0.1) is 16.9 Å². The first-order chi connectivity index (χ1) is 13.1. The fourth-order valence-electron chi connectivity index (χ4n) is 3.04. The van der Waals surface area contributed by atoms with Crippen LogP contribution < -0.4 is 10.2 Å². The molecule has 1 fully saturated rings. The van der Waals surface area contributed by atoms with Crippen LogP contribution in [-0.4, -0.2) is 42.9 Å². The minimum atomic E-state index is -0.459. The Balaban J connectivity index is 1.53. The van der Waals surface area contributed by atoms with Crippen molar-refractivity contribution >= 4 is 23.2 Å². The zero-order valence-electron chi connectivity index (χ0n) is 14.7. The van der Waals surface area contributed by atoms with Gasteiger partial charge >= 0.3 is 0 Å². The van der Waals surface area contributed by atoms with Crippen molar-refractivity contribution in [3.63, 3.8) is 0 Å². The van der Waals surface area contributed by atoms with Crippen LogP contribution in [0.2, 0.25) is 0 Å². The number of hydrogen-bond acceptors (Lipinski definition) is 4. The molecule has 0 bridgehead atoms. The van der Waals surface area contributed by atoms with Gasteiger partial charge in [0.2, 0.25) is 11.8 Å². The molecule has 2 aromatic carbocycles. The number of halogens is 1. The maximum absolute atomic E-state index is 13.9. The van der Waals surface area contributed by atoms with Gasteiger partial charge in [-0.05, 0) is 24.3 Å². The lowest BCUT2D eigenvalue weighted by Crippen LogP contribution is -2.49. The molecule has 7 heteroatoms. The number of amides is 2. The normalized spacial score (nSPS) is 13.8. The highest BCUT2D eigenvalue weighted by Gasteiger charge is 2.24. The minimum Gasteiger partial charge on any atom is -0.366 e. The van der Waals surface area contributed by atoms with E-state index < -0.39 is 5.91 Å². The molecule has 0 saturated carbocycles. The van der Waals surface area contributed by atoms with Gasteiger partial charge in [-0.1, -0.05) is 24.3 Å². The molecule has 1 aliphatic rings. The van der Waals surface area contributed by atoms with Crippen molar-refractivity contribution in [3.8, 4) is 6.07 Å². The second-order valence-electron chi connectivity index (χ2n) is 6.20. The van der Waals surface area contributed by atoms with E-state index >= 15 is 0 Å². The summed E-state index contributed by atoms with van der Waals surface area (Å²) in [7, 11) is 0. The number of carbonyl (C=O) groups excluding carboxylic acids is 2. The first kappa shape index (κ1) is 18.4. The van der Waals surface area contributed by atoms with Gasteiger partial charge in [-0.25, -0.2) is 4.39 Å². The molecule has 1 saturated heterocycles. The molecular formula is C20H19FN4O2. The zero-order valence-corrected chi connectivity index (χ0v) is 14.7. The van der Waals surface area contributed by atoms with E-state index in [1.807, 2.05) is 11.0 Å². The van der Waals surface area contributed by atoms with Crippen LogP contribution in [0.15, 0.2) is 48.5 Å². The molecule has 27 heavy (non-hydrogen) atoms. The van der Waals surface area contributed by atoms with Gasteiger partial charge in [-0.15, -0.1) is 0 Å². The molecule has 6 nitrogen and oxygen atoms in total. The summed E-state index contributed by atoms with van der Waals surface area (Å²) in [5.74, 6) is -1.03. The number of para-hydroxylation sites is 2. The van der Waals surface area contributed by atoms with Crippen LogP contribution in [0.4, 0.5) is 15.8 Å². The maximum atomic E-state index is 13.9. The summed E-state index contributed by atoms with van der Waals surface area (Å²) >= 11 is 0. The molecule has 1 aliphatic heterocycles. The monoisotopic (exact) mass is 366 g/mol. The largest absolute Gasteiger partial charge is 0.366 e. The number of piperazine rings is 1. The smallest absolute Gasteiger partial charge is 0.233 e. The molecule has 0 aliphatic carbocycles. The number of rotatable bonds is 4. The molecule has 1 heterocycles. The Bertz CT molecular complexity index is 886. The topological polar surface area (TPSA) is 76.4 Å². The Kier molecular flexibility index (Phi) is 5.67. The average Bonchev–Trinajstić information content (AvgIpc) is 2.69. The van der Waals surface area contributed by atoms with E-state index in [2.05, 4.69) is 5.32 Å². The lowest BCUT2D eigenvalue weighted by Gasteiger charge is -2.36.